The van der Waals surface area contributed by atoms with Gasteiger partial charge in [0.1, 0.15) is 0 Å². The molecule has 0 atom stereocenters. The second kappa shape index (κ2) is 6.98. The van der Waals surface area contributed by atoms with Gasteiger partial charge in [-0.3, -0.25) is 0 Å². The highest BCUT2D eigenvalue weighted by Crippen LogP contribution is 2.23. The Balaban J connectivity index is 2.01. The predicted octanol–water partition coefficient (Wildman–Crippen LogP) is 4.67. The molecule has 0 aromatic heterocycles. The highest BCUT2D eigenvalue weighted by Gasteiger charge is 2.01. The van der Waals surface area contributed by atoms with Gasteiger partial charge in [-0.05, 0) is 49.5 Å². The summed E-state index contributed by atoms with van der Waals surface area (Å²) in [6.07, 6.45) is 0. The Labute approximate surface area is 130 Å². The van der Waals surface area contributed by atoms with Gasteiger partial charge in [0, 0.05) is 18.8 Å². The Hall–Kier alpha value is -1.22. The Bertz CT molecular complexity index is 582. The molecule has 0 bridgehead atoms. The van der Waals surface area contributed by atoms with Gasteiger partial charge >= 0.3 is 0 Å². The van der Waals surface area contributed by atoms with Crippen molar-refractivity contribution in [2.24, 2.45) is 0 Å². The third-order valence-electron chi connectivity index (χ3n) is 2.91. The monoisotopic (exact) mass is 308 g/mol. The van der Waals surface area contributed by atoms with E-state index in [9.17, 15) is 0 Å². The predicted molar refractivity (Wildman–Crippen MR) is 87.6 cm³/mol. The summed E-state index contributed by atoms with van der Waals surface area (Å²) in [5.74, 6) is 0. The molecule has 0 spiro atoms. The molecule has 2 nitrogen and oxygen atoms in total. The summed E-state index contributed by atoms with van der Waals surface area (Å²) < 4.78 is 0. The molecule has 0 unspecified atom stereocenters. The summed E-state index contributed by atoms with van der Waals surface area (Å²) in [5.41, 5.74) is 3.50. The maximum atomic E-state index is 6.01. The highest BCUT2D eigenvalue weighted by molar-refractivity contribution is 6.42. The number of anilines is 1. The minimum absolute atomic E-state index is 0.586. The molecule has 2 aromatic carbocycles. The van der Waals surface area contributed by atoms with E-state index < -0.39 is 0 Å². The van der Waals surface area contributed by atoms with E-state index in [1.165, 1.54) is 5.56 Å². The molecule has 0 amide bonds. The Kier molecular flexibility index (Phi) is 5.30. The van der Waals surface area contributed by atoms with Crippen LogP contribution in [0.5, 0.6) is 0 Å². The van der Waals surface area contributed by atoms with E-state index in [-0.39, 0.29) is 0 Å². The first-order chi connectivity index (χ1) is 9.54. The first kappa shape index (κ1) is 15.2. The molecule has 0 heterocycles. The third-order valence-corrected chi connectivity index (χ3v) is 3.65. The molecule has 0 fully saturated rings. The maximum Gasteiger partial charge on any atom is 0.0595 e. The lowest BCUT2D eigenvalue weighted by Crippen LogP contribution is -2.10. The molecular formula is C16H18Cl2N2. The normalized spacial score (nSPS) is 10.8. The molecule has 0 saturated heterocycles. The van der Waals surface area contributed by atoms with Crippen LogP contribution in [0.4, 0.5) is 5.69 Å². The van der Waals surface area contributed by atoms with Crippen molar-refractivity contribution in [3.63, 3.8) is 0 Å². The molecule has 0 aliphatic carbocycles. The number of rotatable bonds is 5. The zero-order valence-corrected chi connectivity index (χ0v) is 13.2. The van der Waals surface area contributed by atoms with Crippen molar-refractivity contribution >= 4 is 28.9 Å². The van der Waals surface area contributed by atoms with Gasteiger partial charge < -0.3 is 10.2 Å². The van der Waals surface area contributed by atoms with Crippen LogP contribution < -0.4 is 5.32 Å². The summed E-state index contributed by atoms with van der Waals surface area (Å²) in [6, 6.07) is 14.1. The largest absolute Gasteiger partial charge is 0.381 e. The van der Waals surface area contributed by atoms with Gasteiger partial charge in [0.05, 0.1) is 10.0 Å². The lowest BCUT2D eigenvalue weighted by atomic mass is 10.1. The number of nitrogens with one attached hydrogen (secondary N) is 1. The van der Waals surface area contributed by atoms with E-state index in [1.54, 1.807) is 0 Å². The van der Waals surface area contributed by atoms with Crippen molar-refractivity contribution in [1.82, 2.24) is 4.90 Å². The van der Waals surface area contributed by atoms with Crippen molar-refractivity contribution in [2.45, 2.75) is 13.1 Å². The number of hydrogen-bond acceptors (Lipinski definition) is 2. The lowest BCUT2D eigenvalue weighted by Gasteiger charge is -2.12. The van der Waals surface area contributed by atoms with Crippen LogP contribution in [0.2, 0.25) is 10.0 Å². The fraction of sp³-hybridized carbons (Fsp3) is 0.250. The van der Waals surface area contributed by atoms with E-state index in [4.69, 9.17) is 23.2 Å². The molecule has 1 N–H and O–H groups in total. The zero-order valence-electron chi connectivity index (χ0n) is 11.7. The highest BCUT2D eigenvalue weighted by atomic mass is 35.5. The van der Waals surface area contributed by atoms with E-state index >= 15 is 0 Å². The smallest absolute Gasteiger partial charge is 0.0595 e. The lowest BCUT2D eigenvalue weighted by molar-refractivity contribution is 0.402. The second-order valence-corrected chi connectivity index (χ2v) is 5.85. The van der Waals surface area contributed by atoms with Gasteiger partial charge in [-0.25, -0.2) is 0 Å². The van der Waals surface area contributed by atoms with Crippen molar-refractivity contribution < 1.29 is 0 Å². The van der Waals surface area contributed by atoms with Gasteiger partial charge in [0.25, 0.3) is 0 Å². The minimum atomic E-state index is 0.586. The molecule has 0 aliphatic heterocycles. The van der Waals surface area contributed by atoms with Crippen LogP contribution in [0.3, 0.4) is 0 Å². The van der Waals surface area contributed by atoms with Crippen LogP contribution in [0.15, 0.2) is 42.5 Å². The third kappa shape index (κ3) is 4.41. The quantitative estimate of drug-likeness (QED) is 0.863. The molecule has 0 radical (unpaired) electrons. The molecule has 4 heteroatoms. The Morgan fingerprint density at radius 1 is 0.950 bits per heavy atom. The van der Waals surface area contributed by atoms with Crippen LogP contribution >= 0.6 is 23.2 Å². The van der Waals surface area contributed by atoms with Crippen molar-refractivity contribution in [3.8, 4) is 0 Å². The number of hydrogen-bond donors (Lipinski definition) is 1. The first-order valence-corrected chi connectivity index (χ1v) is 7.21. The summed E-state index contributed by atoms with van der Waals surface area (Å²) >= 11 is 11.9. The summed E-state index contributed by atoms with van der Waals surface area (Å²) in [5, 5.41) is 4.58. The van der Waals surface area contributed by atoms with Crippen molar-refractivity contribution in [3.05, 3.63) is 63.6 Å². The standard InChI is InChI=1S/C16H18Cl2N2/c1-20(2)11-13-4-3-5-14(8-13)19-10-12-6-7-15(17)16(18)9-12/h3-9,19H,10-11H2,1-2H3. The van der Waals surface area contributed by atoms with Crippen molar-refractivity contribution in [2.75, 3.05) is 19.4 Å². The Morgan fingerprint density at radius 3 is 2.45 bits per heavy atom. The molecule has 20 heavy (non-hydrogen) atoms. The molecule has 0 saturated carbocycles. The number of nitrogens with zero attached hydrogens (tertiary/aromatic N) is 1. The SMILES string of the molecule is CN(C)Cc1cccc(NCc2ccc(Cl)c(Cl)c2)c1. The molecule has 2 aromatic rings. The summed E-state index contributed by atoms with van der Waals surface area (Å²) in [7, 11) is 4.13. The van der Waals surface area contributed by atoms with Gasteiger partial charge in [-0.1, -0.05) is 41.4 Å². The summed E-state index contributed by atoms with van der Waals surface area (Å²) in [6.45, 7) is 1.66. The fourth-order valence-corrected chi connectivity index (χ4v) is 2.32. The maximum absolute atomic E-state index is 6.01. The topological polar surface area (TPSA) is 15.3 Å². The van der Waals surface area contributed by atoms with Gasteiger partial charge in [-0.15, -0.1) is 0 Å². The van der Waals surface area contributed by atoms with Gasteiger partial charge in [0.15, 0.2) is 0 Å². The fourth-order valence-electron chi connectivity index (χ4n) is 2.00. The number of benzene rings is 2. The van der Waals surface area contributed by atoms with Crippen LogP contribution in [0.25, 0.3) is 0 Å². The molecule has 106 valence electrons. The van der Waals surface area contributed by atoms with Gasteiger partial charge in [-0.2, -0.15) is 0 Å². The van der Waals surface area contributed by atoms with Crippen LogP contribution in [0, 0.1) is 0 Å². The molecular weight excluding hydrogens is 291 g/mol. The van der Waals surface area contributed by atoms with E-state index in [1.807, 2.05) is 18.2 Å². The first-order valence-electron chi connectivity index (χ1n) is 6.46. The van der Waals surface area contributed by atoms with E-state index in [0.29, 0.717) is 10.0 Å². The minimum Gasteiger partial charge on any atom is -0.381 e. The van der Waals surface area contributed by atoms with Crippen LogP contribution in [-0.2, 0) is 13.1 Å². The average Bonchev–Trinajstić information content (AvgIpc) is 2.40. The Morgan fingerprint density at radius 2 is 1.75 bits per heavy atom. The number of halogens is 2. The van der Waals surface area contributed by atoms with Crippen LogP contribution in [-0.4, -0.2) is 19.0 Å². The summed E-state index contributed by atoms with van der Waals surface area (Å²) in [4.78, 5) is 2.15. The van der Waals surface area contributed by atoms with E-state index in [0.717, 1.165) is 24.3 Å². The van der Waals surface area contributed by atoms with E-state index in [2.05, 4.69) is 48.6 Å². The zero-order chi connectivity index (χ0) is 14.5. The molecule has 2 rings (SSSR count). The molecule has 0 aliphatic rings. The second-order valence-electron chi connectivity index (χ2n) is 5.04. The van der Waals surface area contributed by atoms with Crippen LogP contribution in [0.1, 0.15) is 11.1 Å². The average molecular weight is 309 g/mol. The van der Waals surface area contributed by atoms with Crippen molar-refractivity contribution in [1.29, 1.82) is 0 Å². The van der Waals surface area contributed by atoms with Gasteiger partial charge in [0.2, 0.25) is 0 Å².